The Balaban J connectivity index is 3.80. The monoisotopic (exact) mass is 174 g/mol. The molecule has 1 unspecified atom stereocenters. The van der Waals surface area contributed by atoms with Crippen molar-refractivity contribution in [2.75, 3.05) is 0 Å². The SMILES string of the molecule is CCC=C(C)C(=O)OOC(C)O. The molecule has 1 atom stereocenters. The largest absolute Gasteiger partial charge is 0.368 e. The van der Waals surface area contributed by atoms with Crippen LogP contribution in [-0.4, -0.2) is 17.4 Å². The summed E-state index contributed by atoms with van der Waals surface area (Å²) in [4.78, 5) is 19.4. The normalized spacial score (nSPS) is 14.2. The first-order valence-electron chi connectivity index (χ1n) is 3.80. The highest BCUT2D eigenvalue weighted by atomic mass is 17.2. The number of rotatable bonds is 4. The molecule has 4 heteroatoms. The molecule has 0 aliphatic carbocycles. The second-order valence-electron chi connectivity index (χ2n) is 2.36. The summed E-state index contributed by atoms with van der Waals surface area (Å²) in [5.41, 5.74) is 0.471. The van der Waals surface area contributed by atoms with E-state index >= 15 is 0 Å². The van der Waals surface area contributed by atoms with Crippen molar-refractivity contribution in [2.24, 2.45) is 0 Å². The summed E-state index contributed by atoms with van der Waals surface area (Å²) >= 11 is 0. The van der Waals surface area contributed by atoms with Crippen molar-refractivity contribution in [3.8, 4) is 0 Å². The Bertz CT molecular complexity index is 172. The molecule has 0 aromatic heterocycles. The minimum Gasteiger partial charge on any atom is -0.365 e. The van der Waals surface area contributed by atoms with E-state index in [9.17, 15) is 4.79 Å². The van der Waals surface area contributed by atoms with Crippen LogP contribution in [0, 0.1) is 0 Å². The van der Waals surface area contributed by atoms with Crippen LogP contribution in [0.5, 0.6) is 0 Å². The van der Waals surface area contributed by atoms with E-state index in [1.54, 1.807) is 13.0 Å². The maximum Gasteiger partial charge on any atom is 0.368 e. The number of hydrogen-bond donors (Lipinski definition) is 1. The third kappa shape index (κ3) is 4.87. The summed E-state index contributed by atoms with van der Waals surface area (Å²) in [5, 5.41) is 8.59. The van der Waals surface area contributed by atoms with E-state index in [0.717, 1.165) is 6.42 Å². The van der Waals surface area contributed by atoms with E-state index in [1.807, 2.05) is 6.92 Å². The number of carbonyl (C=O) groups is 1. The Morgan fingerprint density at radius 3 is 2.67 bits per heavy atom. The van der Waals surface area contributed by atoms with Gasteiger partial charge >= 0.3 is 5.97 Å². The molecular formula is C8H14O4. The highest BCUT2D eigenvalue weighted by Crippen LogP contribution is 1.99. The first kappa shape index (κ1) is 11.1. The molecule has 0 bridgehead atoms. The van der Waals surface area contributed by atoms with E-state index in [4.69, 9.17) is 5.11 Å². The van der Waals surface area contributed by atoms with Crippen molar-refractivity contribution in [1.82, 2.24) is 0 Å². The first-order chi connectivity index (χ1) is 5.57. The zero-order valence-corrected chi connectivity index (χ0v) is 7.53. The quantitative estimate of drug-likeness (QED) is 0.300. The van der Waals surface area contributed by atoms with Gasteiger partial charge in [0.2, 0.25) is 0 Å². The molecule has 1 N–H and O–H groups in total. The average molecular weight is 174 g/mol. The Morgan fingerprint density at radius 1 is 1.67 bits per heavy atom. The highest BCUT2D eigenvalue weighted by Gasteiger charge is 2.07. The topological polar surface area (TPSA) is 55.8 Å². The number of hydrogen-bond acceptors (Lipinski definition) is 4. The maximum absolute atomic E-state index is 10.9. The molecule has 0 heterocycles. The lowest BCUT2D eigenvalue weighted by atomic mass is 10.2. The molecule has 12 heavy (non-hydrogen) atoms. The van der Waals surface area contributed by atoms with E-state index in [0.29, 0.717) is 5.57 Å². The number of aliphatic hydroxyl groups is 1. The molecule has 0 aliphatic heterocycles. The van der Waals surface area contributed by atoms with E-state index < -0.39 is 12.3 Å². The summed E-state index contributed by atoms with van der Waals surface area (Å²) in [6, 6.07) is 0. The highest BCUT2D eigenvalue weighted by molar-refractivity contribution is 5.87. The van der Waals surface area contributed by atoms with Crippen molar-refractivity contribution < 1.29 is 19.7 Å². The molecule has 0 aromatic carbocycles. The van der Waals surface area contributed by atoms with Crippen LogP contribution in [0.2, 0.25) is 0 Å². The summed E-state index contributed by atoms with van der Waals surface area (Å²) in [7, 11) is 0. The van der Waals surface area contributed by atoms with Crippen molar-refractivity contribution in [3.05, 3.63) is 11.6 Å². The smallest absolute Gasteiger partial charge is 0.365 e. The molecule has 0 saturated carbocycles. The predicted molar refractivity (Wildman–Crippen MR) is 42.9 cm³/mol. The molecular weight excluding hydrogens is 160 g/mol. The number of allylic oxidation sites excluding steroid dienone is 1. The lowest BCUT2D eigenvalue weighted by Crippen LogP contribution is -2.13. The second-order valence-corrected chi connectivity index (χ2v) is 2.36. The fourth-order valence-electron chi connectivity index (χ4n) is 0.569. The predicted octanol–water partition coefficient (Wildman–Crippen LogP) is 1.16. The van der Waals surface area contributed by atoms with Crippen molar-refractivity contribution in [3.63, 3.8) is 0 Å². The summed E-state index contributed by atoms with van der Waals surface area (Å²) < 4.78 is 0. The van der Waals surface area contributed by atoms with Gasteiger partial charge in [-0.2, -0.15) is 4.89 Å². The Morgan fingerprint density at radius 2 is 2.25 bits per heavy atom. The molecule has 0 saturated heterocycles. The second kappa shape index (κ2) is 5.74. The van der Waals surface area contributed by atoms with Crippen LogP contribution >= 0.6 is 0 Å². The zero-order chi connectivity index (χ0) is 9.56. The van der Waals surface area contributed by atoms with Crippen LogP contribution in [0.15, 0.2) is 11.6 Å². The Kier molecular flexibility index (Phi) is 5.32. The van der Waals surface area contributed by atoms with Crippen molar-refractivity contribution in [2.45, 2.75) is 33.5 Å². The van der Waals surface area contributed by atoms with Gasteiger partial charge in [-0.1, -0.05) is 13.0 Å². The number of aliphatic hydroxyl groups excluding tert-OH is 1. The Labute approximate surface area is 71.7 Å². The van der Waals surface area contributed by atoms with Crippen LogP contribution in [-0.2, 0) is 14.6 Å². The molecule has 4 nitrogen and oxygen atoms in total. The van der Waals surface area contributed by atoms with E-state index in [1.165, 1.54) is 6.92 Å². The molecule has 0 aromatic rings. The molecule has 0 aliphatic rings. The van der Waals surface area contributed by atoms with Gasteiger partial charge in [-0.15, -0.1) is 0 Å². The first-order valence-corrected chi connectivity index (χ1v) is 3.80. The van der Waals surface area contributed by atoms with Gasteiger partial charge in [0.05, 0.1) is 0 Å². The van der Waals surface area contributed by atoms with E-state index in [2.05, 4.69) is 9.78 Å². The number of carbonyl (C=O) groups excluding carboxylic acids is 1. The van der Waals surface area contributed by atoms with E-state index in [-0.39, 0.29) is 0 Å². The molecule has 0 spiro atoms. The van der Waals surface area contributed by atoms with Gasteiger partial charge in [-0.3, -0.25) is 4.89 Å². The van der Waals surface area contributed by atoms with Crippen molar-refractivity contribution in [1.29, 1.82) is 0 Å². The lowest BCUT2D eigenvalue weighted by molar-refractivity contribution is -0.334. The fraction of sp³-hybridized carbons (Fsp3) is 0.625. The third-order valence-electron chi connectivity index (χ3n) is 1.10. The molecule has 0 fully saturated rings. The van der Waals surface area contributed by atoms with Crippen LogP contribution in [0.25, 0.3) is 0 Å². The standard InChI is InChI=1S/C8H14O4/c1-4-5-6(2)8(10)12-11-7(3)9/h5,7,9H,4H2,1-3H3. The van der Waals surface area contributed by atoms with Crippen LogP contribution in [0.1, 0.15) is 27.2 Å². The van der Waals surface area contributed by atoms with Gasteiger partial charge in [0.15, 0.2) is 6.29 Å². The Hall–Kier alpha value is -0.870. The van der Waals surface area contributed by atoms with Gasteiger partial charge in [-0.05, 0) is 20.3 Å². The third-order valence-corrected chi connectivity index (χ3v) is 1.10. The van der Waals surface area contributed by atoms with Crippen LogP contribution in [0.3, 0.4) is 0 Å². The fourth-order valence-corrected chi connectivity index (χ4v) is 0.569. The summed E-state index contributed by atoms with van der Waals surface area (Å²) in [5.74, 6) is -0.572. The lowest BCUT2D eigenvalue weighted by Gasteiger charge is -2.04. The van der Waals surface area contributed by atoms with Crippen LogP contribution < -0.4 is 0 Å². The molecule has 70 valence electrons. The van der Waals surface area contributed by atoms with Gasteiger partial charge in [0.1, 0.15) is 0 Å². The van der Waals surface area contributed by atoms with Gasteiger partial charge in [0, 0.05) is 5.57 Å². The van der Waals surface area contributed by atoms with Crippen molar-refractivity contribution >= 4 is 5.97 Å². The minimum absolute atomic E-state index is 0.471. The van der Waals surface area contributed by atoms with Crippen LogP contribution in [0.4, 0.5) is 0 Å². The average Bonchev–Trinajstić information content (AvgIpc) is 2.00. The summed E-state index contributed by atoms with van der Waals surface area (Å²) in [6.07, 6.45) is 1.38. The maximum atomic E-state index is 10.9. The summed E-state index contributed by atoms with van der Waals surface area (Å²) in [6.45, 7) is 4.88. The zero-order valence-electron chi connectivity index (χ0n) is 7.53. The van der Waals surface area contributed by atoms with Gasteiger partial charge < -0.3 is 5.11 Å². The van der Waals surface area contributed by atoms with Gasteiger partial charge in [-0.25, -0.2) is 4.79 Å². The molecule has 0 rings (SSSR count). The molecule has 0 radical (unpaired) electrons. The van der Waals surface area contributed by atoms with Gasteiger partial charge in [0.25, 0.3) is 0 Å². The molecule has 0 amide bonds. The minimum atomic E-state index is -1.09.